The normalized spacial score (nSPS) is 19.9. The molecule has 1 aromatic rings. The van der Waals surface area contributed by atoms with Gasteiger partial charge in [0.1, 0.15) is 0 Å². The van der Waals surface area contributed by atoms with Gasteiger partial charge in [0.2, 0.25) is 5.91 Å². The van der Waals surface area contributed by atoms with E-state index in [1.807, 2.05) is 4.90 Å². The summed E-state index contributed by atoms with van der Waals surface area (Å²) in [5.41, 5.74) is 7.41. The van der Waals surface area contributed by atoms with E-state index in [1.165, 1.54) is 5.56 Å². The van der Waals surface area contributed by atoms with Gasteiger partial charge in [0, 0.05) is 32.7 Å². The second-order valence-corrected chi connectivity index (χ2v) is 6.42. The molecule has 2 heterocycles. The van der Waals surface area contributed by atoms with Gasteiger partial charge in [-0.1, -0.05) is 20.3 Å². The lowest BCUT2D eigenvalue weighted by Gasteiger charge is -2.36. The van der Waals surface area contributed by atoms with Crippen molar-refractivity contribution in [3.8, 4) is 0 Å². The summed E-state index contributed by atoms with van der Waals surface area (Å²) >= 11 is 1.74. The van der Waals surface area contributed by atoms with Crippen LogP contribution in [0.3, 0.4) is 0 Å². The fraction of sp³-hybridized carbons (Fsp3) is 0.667. The summed E-state index contributed by atoms with van der Waals surface area (Å²) < 4.78 is 0. The van der Waals surface area contributed by atoms with Gasteiger partial charge < -0.3 is 10.6 Å². The van der Waals surface area contributed by atoms with Gasteiger partial charge in [-0.15, -0.1) is 0 Å². The van der Waals surface area contributed by atoms with E-state index in [4.69, 9.17) is 5.73 Å². The van der Waals surface area contributed by atoms with Gasteiger partial charge in [-0.25, -0.2) is 0 Å². The van der Waals surface area contributed by atoms with Crippen LogP contribution in [0.5, 0.6) is 0 Å². The Bertz CT molecular complexity index is 413. The molecular formula is C15H25N3OS. The molecule has 0 spiro atoms. The van der Waals surface area contributed by atoms with Crippen LogP contribution in [-0.4, -0.2) is 47.9 Å². The maximum atomic E-state index is 12.3. The van der Waals surface area contributed by atoms with Crippen molar-refractivity contribution >= 4 is 17.2 Å². The van der Waals surface area contributed by atoms with Gasteiger partial charge in [-0.3, -0.25) is 9.69 Å². The first kappa shape index (κ1) is 15.5. The second-order valence-electron chi connectivity index (χ2n) is 5.64. The molecule has 1 aromatic heterocycles. The van der Waals surface area contributed by atoms with Crippen molar-refractivity contribution in [2.75, 3.05) is 26.2 Å². The van der Waals surface area contributed by atoms with Crippen molar-refractivity contribution in [2.24, 2.45) is 11.7 Å². The lowest BCUT2D eigenvalue weighted by atomic mass is 9.98. The van der Waals surface area contributed by atoms with Crippen LogP contribution < -0.4 is 5.73 Å². The Balaban J connectivity index is 1.80. The first-order valence-electron chi connectivity index (χ1n) is 7.39. The summed E-state index contributed by atoms with van der Waals surface area (Å²) in [6, 6.07) is 1.82. The van der Waals surface area contributed by atoms with E-state index in [1.54, 1.807) is 11.3 Å². The van der Waals surface area contributed by atoms with Crippen LogP contribution in [0.25, 0.3) is 0 Å². The van der Waals surface area contributed by atoms with Crippen LogP contribution in [0.4, 0.5) is 0 Å². The first-order valence-corrected chi connectivity index (χ1v) is 8.34. The quantitative estimate of drug-likeness (QED) is 0.900. The molecule has 0 saturated carbocycles. The minimum Gasteiger partial charge on any atom is -0.339 e. The molecule has 1 fully saturated rings. The average Bonchev–Trinajstić information content (AvgIpc) is 2.98. The molecule has 0 radical (unpaired) electrons. The smallest absolute Gasteiger partial charge is 0.239 e. The van der Waals surface area contributed by atoms with Gasteiger partial charge in [0.15, 0.2) is 0 Å². The Kier molecular flexibility index (Phi) is 5.57. The highest BCUT2D eigenvalue weighted by Gasteiger charge is 2.27. The number of hydrogen-bond acceptors (Lipinski definition) is 4. The maximum absolute atomic E-state index is 12.3. The molecule has 1 aliphatic heterocycles. The molecule has 5 heteroatoms. The van der Waals surface area contributed by atoms with Crippen molar-refractivity contribution in [3.05, 3.63) is 22.4 Å². The minimum atomic E-state index is -0.344. The summed E-state index contributed by atoms with van der Waals surface area (Å²) in [4.78, 5) is 16.6. The van der Waals surface area contributed by atoms with Crippen molar-refractivity contribution < 1.29 is 4.79 Å². The fourth-order valence-corrected chi connectivity index (χ4v) is 3.14. The van der Waals surface area contributed by atoms with Crippen molar-refractivity contribution in [1.29, 1.82) is 0 Å². The third kappa shape index (κ3) is 3.81. The molecule has 20 heavy (non-hydrogen) atoms. The van der Waals surface area contributed by atoms with Crippen LogP contribution >= 0.6 is 11.3 Å². The van der Waals surface area contributed by atoms with Crippen LogP contribution in [0.1, 0.15) is 25.8 Å². The zero-order valence-electron chi connectivity index (χ0n) is 12.4. The van der Waals surface area contributed by atoms with Crippen LogP contribution in [0.15, 0.2) is 16.8 Å². The van der Waals surface area contributed by atoms with Gasteiger partial charge in [-0.2, -0.15) is 11.3 Å². The van der Waals surface area contributed by atoms with Crippen LogP contribution in [0.2, 0.25) is 0 Å². The Morgan fingerprint density at radius 3 is 2.65 bits per heavy atom. The summed E-state index contributed by atoms with van der Waals surface area (Å²) in [6.45, 7) is 8.60. The highest BCUT2D eigenvalue weighted by Crippen LogP contribution is 2.14. The number of hydrogen-bond donors (Lipinski definition) is 1. The number of rotatable bonds is 5. The molecular weight excluding hydrogens is 270 g/mol. The molecule has 112 valence electrons. The molecule has 2 rings (SSSR count). The summed E-state index contributed by atoms with van der Waals surface area (Å²) in [7, 11) is 0. The lowest BCUT2D eigenvalue weighted by molar-refractivity contribution is -0.135. The lowest BCUT2D eigenvalue weighted by Crippen LogP contribution is -2.54. The van der Waals surface area contributed by atoms with Crippen molar-refractivity contribution in [2.45, 2.75) is 32.9 Å². The maximum Gasteiger partial charge on any atom is 0.239 e. The van der Waals surface area contributed by atoms with Gasteiger partial charge in [0.25, 0.3) is 0 Å². The standard InChI is InChI=1S/C15H25N3OS/c1-3-12(2)14(16)15(19)18-7-5-17(6-8-18)10-13-4-9-20-11-13/h4,9,11-12,14H,3,5-8,10,16H2,1-2H3/t12?,14-/m0/s1. The Morgan fingerprint density at radius 2 is 2.10 bits per heavy atom. The van der Waals surface area contributed by atoms with Crippen molar-refractivity contribution in [3.63, 3.8) is 0 Å². The van der Waals surface area contributed by atoms with E-state index in [2.05, 4.69) is 35.6 Å². The van der Waals surface area contributed by atoms with E-state index >= 15 is 0 Å². The number of thiophene rings is 1. The topological polar surface area (TPSA) is 49.6 Å². The summed E-state index contributed by atoms with van der Waals surface area (Å²) in [5.74, 6) is 0.376. The zero-order chi connectivity index (χ0) is 14.5. The first-order chi connectivity index (χ1) is 9.61. The molecule has 1 saturated heterocycles. The highest BCUT2D eigenvalue weighted by atomic mass is 32.1. The molecule has 2 N–H and O–H groups in total. The summed E-state index contributed by atoms with van der Waals surface area (Å²) in [6.07, 6.45) is 0.949. The van der Waals surface area contributed by atoms with E-state index in [9.17, 15) is 4.79 Å². The molecule has 0 aromatic carbocycles. The number of nitrogens with zero attached hydrogens (tertiary/aromatic N) is 2. The monoisotopic (exact) mass is 295 g/mol. The van der Waals surface area contributed by atoms with E-state index in [0.29, 0.717) is 0 Å². The largest absolute Gasteiger partial charge is 0.339 e. The van der Waals surface area contributed by atoms with Gasteiger partial charge in [-0.05, 0) is 28.3 Å². The zero-order valence-corrected chi connectivity index (χ0v) is 13.2. The van der Waals surface area contributed by atoms with Crippen LogP contribution in [0, 0.1) is 5.92 Å². The highest BCUT2D eigenvalue weighted by molar-refractivity contribution is 7.07. The van der Waals surface area contributed by atoms with E-state index in [0.717, 1.165) is 39.1 Å². The van der Waals surface area contributed by atoms with Gasteiger partial charge >= 0.3 is 0 Å². The Morgan fingerprint density at radius 1 is 1.40 bits per heavy atom. The van der Waals surface area contributed by atoms with E-state index in [-0.39, 0.29) is 17.9 Å². The minimum absolute atomic E-state index is 0.120. The van der Waals surface area contributed by atoms with Crippen LogP contribution in [-0.2, 0) is 11.3 Å². The SMILES string of the molecule is CCC(C)[C@H](N)C(=O)N1CCN(Cc2ccsc2)CC1. The number of piperazine rings is 1. The molecule has 1 amide bonds. The van der Waals surface area contributed by atoms with E-state index < -0.39 is 0 Å². The predicted octanol–water partition coefficient (Wildman–Crippen LogP) is 1.77. The number of carbonyl (C=O) groups excluding carboxylic acids is 1. The molecule has 4 nitrogen and oxygen atoms in total. The predicted molar refractivity (Wildman–Crippen MR) is 83.6 cm³/mol. The third-order valence-corrected chi connectivity index (χ3v) is 4.94. The fourth-order valence-electron chi connectivity index (χ4n) is 2.48. The average molecular weight is 295 g/mol. The Labute approximate surface area is 125 Å². The number of nitrogens with two attached hydrogens (primary N) is 1. The third-order valence-electron chi connectivity index (χ3n) is 4.21. The molecule has 2 atom stereocenters. The van der Waals surface area contributed by atoms with Crippen molar-refractivity contribution in [1.82, 2.24) is 9.80 Å². The number of carbonyl (C=O) groups is 1. The molecule has 0 aliphatic carbocycles. The molecule has 0 bridgehead atoms. The Hall–Kier alpha value is -0.910. The number of amides is 1. The summed E-state index contributed by atoms with van der Waals surface area (Å²) in [5, 5.41) is 4.30. The second kappa shape index (κ2) is 7.20. The van der Waals surface area contributed by atoms with Gasteiger partial charge in [0.05, 0.1) is 6.04 Å². The molecule has 1 unspecified atom stereocenters. The molecule has 1 aliphatic rings.